The normalized spacial score (nSPS) is 11.0. The van der Waals surface area contributed by atoms with Crippen molar-refractivity contribution in [3.63, 3.8) is 0 Å². The third kappa shape index (κ3) is 3.11. The van der Waals surface area contributed by atoms with E-state index in [1.807, 2.05) is 54.6 Å². The first-order chi connectivity index (χ1) is 11.8. The van der Waals surface area contributed by atoms with E-state index < -0.39 is 0 Å². The summed E-state index contributed by atoms with van der Waals surface area (Å²) < 4.78 is 2.05. The van der Waals surface area contributed by atoms with E-state index in [9.17, 15) is 4.79 Å². The quantitative estimate of drug-likeness (QED) is 0.547. The number of rotatable bonds is 4. The van der Waals surface area contributed by atoms with Crippen LogP contribution in [0.2, 0.25) is 0 Å². The number of hydrogen-bond donors (Lipinski definition) is 1. The lowest BCUT2D eigenvalue weighted by atomic mass is 10.2. The van der Waals surface area contributed by atoms with Gasteiger partial charge < -0.3 is 5.32 Å². The van der Waals surface area contributed by atoms with Gasteiger partial charge in [-0.2, -0.15) is 0 Å². The molecule has 2 heterocycles. The first kappa shape index (κ1) is 15.1. The molecule has 1 N–H and O–H groups in total. The van der Waals surface area contributed by atoms with E-state index in [0.717, 1.165) is 31.1 Å². The van der Waals surface area contributed by atoms with Crippen molar-refractivity contribution in [1.82, 2.24) is 9.97 Å². The van der Waals surface area contributed by atoms with Gasteiger partial charge >= 0.3 is 0 Å². The van der Waals surface area contributed by atoms with Crippen molar-refractivity contribution in [1.29, 1.82) is 0 Å². The third-order valence-electron chi connectivity index (χ3n) is 3.52. The molecule has 0 aliphatic rings. The molecule has 0 spiro atoms. The molecule has 6 heteroatoms. The van der Waals surface area contributed by atoms with Crippen LogP contribution >= 0.6 is 23.1 Å². The summed E-state index contributed by atoms with van der Waals surface area (Å²) >= 11 is 3.07. The monoisotopic (exact) mass is 351 g/mol. The predicted octanol–water partition coefficient (Wildman–Crippen LogP) is 4.58. The SMILES string of the molecule is O=C(CSc1nc2ccccc2s1)Nc1cccc2ncccc12. The molecule has 4 aromatic rings. The van der Waals surface area contributed by atoms with Gasteiger partial charge in [0.2, 0.25) is 5.91 Å². The van der Waals surface area contributed by atoms with Gasteiger partial charge in [0.05, 0.1) is 27.2 Å². The van der Waals surface area contributed by atoms with E-state index in [1.54, 1.807) is 17.5 Å². The summed E-state index contributed by atoms with van der Waals surface area (Å²) in [5, 5.41) is 3.91. The average molecular weight is 351 g/mol. The molecule has 4 rings (SSSR count). The standard InChI is InChI=1S/C18H13N3OS2/c22-17(11-23-18-21-15-6-1-2-9-16(15)24-18)20-14-8-3-7-13-12(14)5-4-10-19-13/h1-10H,11H2,(H,20,22). The maximum atomic E-state index is 12.3. The lowest BCUT2D eigenvalue weighted by Crippen LogP contribution is -2.14. The second kappa shape index (κ2) is 6.59. The highest BCUT2D eigenvalue weighted by molar-refractivity contribution is 8.01. The molecule has 0 saturated heterocycles. The number of amides is 1. The molecule has 1 amide bonds. The number of carbonyl (C=O) groups is 1. The van der Waals surface area contributed by atoms with Crippen LogP contribution in [-0.4, -0.2) is 21.6 Å². The van der Waals surface area contributed by atoms with Crippen molar-refractivity contribution in [3.8, 4) is 0 Å². The maximum absolute atomic E-state index is 12.3. The third-order valence-corrected chi connectivity index (χ3v) is 5.70. The summed E-state index contributed by atoms with van der Waals surface area (Å²) in [5.41, 5.74) is 2.63. The fourth-order valence-electron chi connectivity index (χ4n) is 2.44. The number of pyridine rings is 1. The number of carbonyl (C=O) groups excluding carboxylic acids is 1. The van der Waals surface area contributed by atoms with Crippen LogP contribution in [-0.2, 0) is 4.79 Å². The predicted molar refractivity (Wildman–Crippen MR) is 101 cm³/mol. The number of anilines is 1. The Bertz CT molecular complexity index is 991. The molecule has 118 valence electrons. The smallest absolute Gasteiger partial charge is 0.234 e. The Balaban J connectivity index is 1.46. The fraction of sp³-hybridized carbons (Fsp3) is 0.0556. The van der Waals surface area contributed by atoms with Gasteiger partial charge in [-0.3, -0.25) is 9.78 Å². The molecule has 2 aromatic heterocycles. The molecule has 0 saturated carbocycles. The van der Waals surface area contributed by atoms with E-state index >= 15 is 0 Å². The van der Waals surface area contributed by atoms with Gasteiger partial charge in [-0.15, -0.1) is 11.3 Å². The first-order valence-corrected chi connectivity index (χ1v) is 9.22. The lowest BCUT2D eigenvalue weighted by molar-refractivity contribution is -0.113. The Kier molecular flexibility index (Phi) is 4.15. The molecule has 2 aromatic carbocycles. The molecule has 0 aliphatic carbocycles. The first-order valence-electron chi connectivity index (χ1n) is 7.41. The summed E-state index contributed by atoms with van der Waals surface area (Å²) in [6.07, 6.45) is 1.75. The van der Waals surface area contributed by atoms with Gasteiger partial charge in [0.25, 0.3) is 0 Å². The Morgan fingerprint density at radius 1 is 1.04 bits per heavy atom. The second-order valence-corrected chi connectivity index (χ2v) is 7.41. The van der Waals surface area contributed by atoms with Crippen molar-refractivity contribution >= 4 is 55.8 Å². The number of aromatic nitrogens is 2. The average Bonchev–Trinajstić information content (AvgIpc) is 3.03. The summed E-state index contributed by atoms with van der Waals surface area (Å²) in [5.74, 6) is 0.284. The van der Waals surface area contributed by atoms with Crippen LogP contribution < -0.4 is 5.32 Å². The zero-order valence-corrected chi connectivity index (χ0v) is 14.2. The number of thioether (sulfide) groups is 1. The van der Waals surface area contributed by atoms with Gasteiger partial charge in [0.1, 0.15) is 0 Å². The topological polar surface area (TPSA) is 54.9 Å². The van der Waals surface area contributed by atoms with Crippen molar-refractivity contribution in [3.05, 3.63) is 60.8 Å². The highest BCUT2D eigenvalue weighted by atomic mass is 32.2. The highest BCUT2D eigenvalue weighted by Crippen LogP contribution is 2.29. The molecule has 0 atom stereocenters. The molecule has 4 nitrogen and oxygen atoms in total. The number of para-hydroxylation sites is 1. The molecule has 0 radical (unpaired) electrons. The van der Waals surface area contributed by atoms with Gasteiger partial charge in [-0.25, -0.2) is 4.98 Å². The second-order valence-electron chi connectivity index (χ2n) is 5.16. The van der Waals surface area contributed by atoms with Crippen LogP contribution in [0.5, 0.6) is 0 Å². The Labute approximate surface area is 146 Å². The molecular weight excluding hydrogens is 338 g/mol. The number of benzene rings is 2. The summed E-state index contributed by atoms with van der Waals surface area (Å²) in [7, 11) is 0. The number of fused-ring (bicyclic) bond motifs is 2. The Morgan fingerprint density at radius 3 is 2.83 bits per heavy atom. The molecule has 0 bridgehead atoms. The van der Waals surface area contributed by atoms with E-state index in [0.29, 0.717) is 5.75 Å². The van der Waals surface area contributed by atoms with Crippen LogP contribution in [0.4, 0.5) is 5.69 Å². The lowest BCUT2D eigenvalue weighted by Gasteiger charge is -2.07. The summed E-state index contributed by atoms with van der Waals surface area (Å²) in [6.45, 7) is 0. The summed E-state index contributed by atoms with van der Waals surface area (Å²) in [6, 6.07) is 17.5. The molecule has 0 unspecified atom stereocenters. The molecule has 24 heavy (non-hydrogen) atoms. The Morgan fingerprint density at radius 2 is 1.92 bits per heavy atom. The van der Waals surface area contributed by atoms with Gasteiger partial charge in [-0.1, -0.05) is 30.0 Å². The fourth-order valence-corrected chi connectivity index (χ4v) is 4.31. The van der Waals surface area contributed by atoms with Crippen molar-refractivity contribution in [2.45, 2.75) is 4.34 Å². The van der Waals surface area contributed by atoms with Gasteiger partial charge in [0, 0.05) is 11.6 Å². The molecule has 0 aliphatic heterocycles. The highest BCUT2D eigenvalue weighted by Gasteiger charge is 2.09. The van der Waals surface area contributed by atoms with E-state index in [2.05, 4.69) is 15.3 Å². The minimum atomic E-state index is -0.0457. The number of hydrogen-bond acceptors (Lipinski definition) is 5. The van der Waals surface area contributed by atoms with Gasteiger partial charge in [0.15, 0.2) is 4.34 Å². The minimum Gasteiger partial charge on any atom is -0.325 e. The number of thiazole rings is 1. The van der Waals surface area contributed by atoms with Crippen LogP contribution in [0.15, 0.2) is 65.1 Å². The number of nitrogens with zero attached hydrogens (tertiary/aromatic N) is 2. The zero-order valence-electron chi connectivity index (χ0n) is 12.6. The van der Waals surface area contributed by atoms with Crippen LogP contribution in [0.1, 0.15) is 0 Å². The van der Waals surface area contributed by atoms with Crippen LogP contribution in [0.25, 0.3) is 21.1 Å². The van der Waals surface area contributed by atoms with Crippen molar-refractivity contribution in [2.75, 3.05) is 11.1 Å². The van der Waals surface area contributed by atoms with E-state index in [1.165, 1.54) is 11.8 Å². The number of nitrogens with one attached hydrogen (secondary N) is 1. The van der Waals surface area contributed by atoms with Gasteiger partial charge in [-0.05, 0) is 36.4 Å². The largest absolute Gasteiger partial charge is 0.325 e. The van der Waals surface area contributed by atoms with Crippen LogP contribution in [0, 0.1) is 0 Å². The van der Waals surface area contributed by atoms with E-state index in [4.69, 9.17) is 0 Å². The Hall–Kier alpha value is -2.44. The van der Waals surface area contributed by atoms with Crippen LogP contribution in [0.3, 0.4) is 0 Å². The van der Waals surface area contributed by atoms with Crippen molar-refractivity contribution in [2.24, 2.45) is 0 Å². The summed E-state index contributed by atoms with van der Waals surface area (Å²) in [4.78, 5) is 21.1. The maximum Gasteiger partial charge on any atom is 0.234 e. The van der Waals surface area contributed by atoms with E-state index in [-0.39, 0.29) is 5.91 Å². The zero-order chi connectivity index (χ0) is 16.4. The minimum absolute atomic E-state index is 0.0457. The van der Waals surface area contributed by atoms with Crippen molar-refractivity contribution < 1.29 is 4.79 Å². The molecular formula is C18H13N3OS2. The molecule has 0 fully saturated rings.